The predicted molar refractivity (Wildman–Crippen MR) is 190 cm³/mol. The number of esters is 1. The van der Waals surface area contributed by atoms with Gasteiger partial charge in [0.05, 0.1) is 11.1 Å². The van der Waals surface area contributed by atoms with Crippen LogP contribution in [-0.2, 0) is 11.2 Å². The molecule has 0 aromatic heterocycles. The molecular formula is C43H28F4N2O4. The zero-order valence-electron chi connectivity index (χ0n) is 28.0. The molecule has 1 N–H and O–H groups in total. The number of hydrogen-bond donors (Lipinski definition) is 1. The first-order valence-corrected chi connectivity index (χ1v) is 16.4. The lowest BCUT2D eigenvalue weighted by molar-refractivity contribution is 0.0734. The van der Waals surface area contributed by atoms with Crippen molar-refractivity contribution in [1.82, 2.24) is 0 Å². The van der Waals surface area contributed by atoms with Gasteiger partial charge >= 0.3 is 5.97 Å². The molecule has 1 fully saturated rings. The molecule has 10 heteroatoms. The smallest absolute Gasteiger partial charge is 0.343 e. The third-order valence-corrected chi connectivity index (χ3v) is 8.79. The molecule has 7 rings (SSSR count). The van der Waals surface area contributed by atoms with Crippen molar-refractivity contribution in [1.29, 1.82) is 10.7 Å². The maximum absolute atomic E-state index is 15.0. The van der Waals surface area contributed by atoms with Gasteiger partial charge in [0.1, 0.15) is 46.9 Å². The Hall–Kier alpha value is -6.57. The molecule has 0 radical (unpaired) electrons. The predicted octanol–water partition coefficient (Wildman–Crippen LogP) is 10.1. The molecule has 0 bridgehead atoms. The minimum absolute atomic E-state index is 0.0119. The lowest BCUT2D eigenvalue weighted by atomic mass is 10.0. The molecule has 262 valence electrons. The number of nitriles is 1. The zero-order chi connectivity index (χ0) is 37.2. The molecule has 6 nitrogen and oxygen atoms in total. The van der Waals surface area contributed by atoms with Crippen LogP contribution in [0.25, 0.3) is 22.3 Å². The quantitative estimate of drug-likeness (QED) is 0.0502. The van der Waals surface area contributed by atoms with Crippen LogP contribution >= 0.6 is 0 Å². The summed E-state index contributed by atoms with van der Waals surface area (Å²) in [5, 5.41) is 16.5. The molecule has 1 saturated heterocycles. The van der Waals surface area contributed by atoms with Crippen molar-refractivity contribution in [2.24, 2.45) is 0 Å². The van der Waals surface area contributed by atoms with E-state index in [-0.39, 0.29) is 56.7 Å². The Kier molecular flexibility index (Phi) is 9.59. The standard InChI is InChI=1S/C43H28F4N2O4/c1-24(49)34-15-12-30(20-38(34)45)36-17-14-33(22-40(36)47)52-43-41(53-43)27-6-2-25(3-7-27)18-26-4-8-28(9-5-26)42(50)51-32-13-16-35(39(46)21-32)29-10-11-31(23-48)37(44)19-29/h2-17,19-22,41,43,49H,18H2,1H3. The Morgan fingerprint density at radius 2 is 1.30 bits per heavy atom. The van der Waals surface area contributed by atoms with Crippen molar-refractivity contribution in [3.05, 3.63) is 178 Å². The Morgan fingerprint density at radius 1 is 0.717 bits per heavy atom. The summed E-state index contributed by atoms with van der Waals surface area (Å²) in [5.74, 6) is -3.04. The second-order valence-electron chi connectivity index (χ2n) is 12.5. The summed E-state index contributed by atoms with van der Waals surface area (Å²) in [4.78, 5) is 12.8. The van der Waals surface area contributed by atoms with Crippen molar-refractivity contribution >= 4 is 11.7 Å². The number of halogens is 4. The van der Waals surface area contributed by atoms with E-state index in [2.05, 4.69) is 0 Å². The number of hydrogen-bond acceptors (Lipinski definition) is 6. The molecule has 1 aliphatic heterocycles. The molecule has 0 saturated carbocycles. The molecule has 0 amide bonds. The van der Waals surface area contributed by atoms with Gasteiger partial charge in [-0.1, -0.05) is 48.5 Å². The Balaban J connectivity index is 0.916. The van der Waals surface area contributed by atoms with E-state index >= 15 is 0 Å². The fourth-order valence-electron chi connectivity index (χ4n) is 5.90. The molecule has 0 aliphatic carbocycles. The summed E-state index contributed by atoms with van der Waals surface area (Å²) in [7, 11) is 0. The third kappa shape index (κ3) is 7.71. The van der Waals surface area contributed by atoms with Gasteiger partial charge in [-0.05, 0) is 102 Å². The van der Waals surface area contributed by atoms with E-state index in [9.17, 15) is 22.4 Å². The lowest BCUT2D eigenvalue weighted by Gasteiger charge is -2.09. The third-order valence-electron chi connectivity index (χ3n) is 8.79. The Morgan fingerprint density at radius 3 is 1.89 bits per heavy atom. The van der Waals surface area contributed by atoms with Crippen molar-refractivity contribution in [3.63, 3.8) is 0 Å². The normalized spacial score (nSPS) is 14.6. The fraction of sp³-hybridized carbons (Fsp3) is 0.0930. The van der Waals surface area contributed by atoms with Crippen molar-refractivity contribution < 1.29 is 36.6 Å². The van der Waals surface area contributed by atoms with E-state index in [0.717, 1.165) is 28.8 Å². The second kappa shape index (κ2) is 14.6. The first-order chi connectivity index (χ1) is 25.6. The van der Waals surface area contributed by atoms with E-state index in [4.69, 9.17) is 24.9 Å². The fourth-order valence-corrected chi connectivity index (χ4v) is 5.90. The van der Waals surface area contributed by atoms with E-state index in [0.29, 0.717) is 12.0 Å². The largest absolute Gasteiger partial charge is 0.462 e. The average molecular weight is 713 g/mol. The molecule has 1 heterocycles. The number of carbonyl (C=O) groups excluding carboxylic acids is 1. The van der Waals surface area contributed by atoms with E-state index in [1.54, 1.807) is 42.5 Å². The SMILES string of the molecule is CC(=N)c1ccc(-c2ccc(OC3OC3c3ccc(Cc4ccc(C(=O)Oc5ccc(-c6ccc(C#N)c(F)c6)c(F)c5)cc4)cc3)cc2F)cc1F. The van der Waals surface area contributed by atoms with Gasteiger partial charge in [0.15, 0.2) is 0 Å². The second-order valence-corrected chi connectivity index (χ2v) is 12.5. The molecule has 2 atom stereocenters. The molecule has 6 aromatic rings. The molecule has 53 heavy (non-hydrogen) atoms. The first-order valence-electron chi connectivity index (χ1n) is 16.4. The van der Waals surface area contributed by atoms with Crippen molar-refractivity contribution in [2.75, 3.05) is 0 Å². The highest BCUT2D eigenvalue weighted by molar-refractivity contribution is 5.97. The van der Waals surface area contributed by atoms with Crippen LogP contribution in [0.3, 0.4) is 0 Å². The highest BCUT2D eigenvalue weighted by Crippen LogP contribution is 2.41. The Labute approximate surface area is 302 Å². The number of nitrogens with zero attached hydrogens (tertiary/aromatic N) is 1. The van der Waals surface area contributed by atoms with Crippen LogP contribution < -0.4 is 9.47 Å². The van der Waals surface area contributed by atoms with Gasteiger partial charge in [0.2, 0.25) is 6.29 Å². The first kappa shape index (κ1) is 34.9. The molecule has 0 spiro atoms. The zero-order valence-corrected chi connectivity index (χ0v) is 28.0. The molecule has 1 aliphatic rings. The molecular weight excluding hydrogens is 684 g/mol. The van der Waals surface area contributed by atoms with Gasteiger partial charge in [0.25, 0.3) is 0 Å². The summed E-state index contributed by atoms with van der Waals surface area (Å²) in [6.07, 6.45) is -0.331. The van der Waals surface area contributed by atoms with Crippen LogP contribution in [0.5, 0.6) is 11.5 Å². The van der Waals surface area contributed by atoms with Crippen LogP contribution in [0.4, 0.5) is 17.6 Å². The topological polar surface area (TPSA) is 95.7 Å². The van der Waals surface area contributed by atoms with Crippen LogP contribution in [0.1, 0.15) is 51.2 Å². The van der Waals surface area contributed by atoms with Gasteiger partial charge in [-0.25, -0.2) is 22.4 Å². The summed E-state index contributed by atoms with van der Waals surface area (Å²) in [6.45, 7) is 1.49. The van der Waals surface area contributed by atoms with Crippen LogP contribution in [0.15, 0.2) is 121 Å². The van der Waals surface area contributed by atoms with Crippen LogP contribution in [0.2, 0.25) is 0 Å². The number of rotatable bonds is 10. The van der Waals surface area contributed by atoms with E-state index in [1.807, 2.05) is 24.3 Å². The van der Waals surface area contributed by atoms with Gasteiger partial charge in [-0.3, -0.25) is 0 Å². The average Bonchev–Trinajstić information content (AvgIpc) is 3.91. The maximum Gasteiger partial charge on any atom is 0.343 e. The van der Waals surface area contributed by atoms with Crippen LogP contribution in [0, 0.1) is 40.0 Å². The van der Waals surface area contributed by atoms with Gasteiger partial charge in [-0.2, -0.15) is 5.26 Å². The van der Waals surface area contributed by atoms with Gasteiger partial charge < -0.3 is 19.6 Å². The van der Waals surface area contributed by atoms with E-state index < -0.39 is 35.5 Å². The summed E-state index contributed by atoms with van der Waals surface area (Å²) < 4.78 is 75.1. The van der Waals surface area contributed by atoms with Crippen LogP contribution in [-0.4, -0.2) is 18.0 Å². The highest BCUT2D eigenvalue weighted by Gasteiger charge is 2.43. The minimum atomic E-state index is -0.757. The van der Waals surface area contributed by atoms with Gasteiger partial charge in [0, 0.05) is 34.5 Å². The lowest BCUT2D eigenvalue weighted by Crippen LogP contribution is -2.08. The number of benzene rings is 6. The number of epoxide rings is 1. The summed E-state index contributed by atoms with van der Waals surface area (Å²) in [5.41, 5.74) is 4.14. The molecule has 2 unspecified atom stereocenters. The summed E-state index contributed by atoms with van der Waals surface area (Å²) >= 11 is 0. The minimum Gasteiger partial charge on any atom is -0.462 e. The maximum atomic E-state index is 15.0. The van der Waals surface area contributed by atoms with E-state index in [1.165, 1.54) is 55.5 Å². The monoisotopic (exact) mass is 712 g/mol. The number of nitrogens with one attached hydrogen (secondary N) is 1. The van der Waals surface area contributed by atoms with Crippen molar-refractivity contribution in [3.8, 4) is 39.8 Å². The molecule has 6 aromatic carbocycles. The number of carbonyl (C=O) groups is 1. The number of ether oxygens (including phenoxy) is 3. The Bertz CT molecular complexity index is 2420. The highest BCUT2D eigenvalue weighted by atomic mass is 19.1. The van der Waals surface area contributed by atoms with Gasteiger partial charge in [-0.15, -0.1) is 0 Å². The van der Waals surface area contributed by atoms with Crippen molar-refractivity contribution in [2.45, 2.75) is 25.7 Å². The summed E-state index contributed by atoms with van der Waals surface area (Å²) in [6, 6.07) is 32.6.